The Morgan fingerprint density at radius 3 is 2.81 bits per heavy atom. The number of ether oxygens (including phenoxy) is 1. The van der Waals surface area contributed by atoms with E-state index in [9.17, 15) is 13.2 Å². The van der Waals surface area contributed by atoms with Crippen molar-refractivity contribution in [1.82, 2.24) is 5.32 Å². The van der Waals surface area contributed by atoms with Crippen molar-refractivity contribution in [2.45, 2.75) is 12.3 Å². The molecule has 114 valence electrons. The minimum Gasteiger partial charge on any atom is -0.374 e. The van der Waals surface area contributed by atoms with Crippen LogP contribution >= 0.6 is 0 Å². The molecule has 1 fully saturated rings. The Bertz CT molecular complexity index is 533. The molecule has 1 aliphatic rings. The van der Waals surface area contributed by atoms with Crippen LogP contribution in [0.2, 0.25) is 0 Å². The number of anilines is 1. The first kappa shape index (κ1) is 15.6. The van der Waals surface area contributed by atoms with Crippen LogP contribution in [0.4, 0.5) is 18.9 Å². The minimum absolute atomic E-state index is 0.0103. The predicted molar refractivity (Wildman–Crippen MR) is 72.0 cm³/mol. The van der Waals surface area contributed by atoms with Crippen LogP contribution in [-0.4, -0.2) is 39.4 Å². The first-order valence-electron chi connectivity index (χ1n) is 6.56. The lowest BCUT2D eigenvalue weighted by molar-refractivity contribution is -0.137. The molecule has 0 amide bonds. The summed E-state index contributed by atoms with van der Waals surface area (Å²) in [6.45, 7) is 2.60. The van der Waals surface area contributed by atoms with Gasteiger partial charge in [-0.3, -0.25) is 0 Å². The van der Waals surface area contributed by atoms with Gasteiger partial charge in [0, 0.05) is 26.7 Å². The monoisotopic (exact) mass is 299 g/mol. The number of benzene rings is 1. The van der Waals surface area contributed by atoms with E-state index in [0.717, 1.165) is 18.7 Å². The molecule has 4 nitrogen and oxygen atoms in total. The molecule has 2 rings (SSSR count). The van der Waals surface area contributed by atoms with Crippen molar-refractivity contribution in [2.24, 2.45) is 0 Å². The molecule has 1 heterocycles. The third-order valence-corrected chi connectivity index (χ3v) is 3.34. The quantitative estimate of drug-likeness (QED) is 0.927. The summed E-state index contributed by atoms with van der Waals surface area (Å²) in [5.41, 5.74) is -0.331. The number of rotatable bonds is 3. The van der Waals surface area contributed by atoms with Crippen LogP contribution in [0.1, 0.15) is 11.1 Å². The molecular weight excluding hydrogens is 283 g/mol. The lowest BCUT2D eigenvalue weighted by atomic mass is 10.1. The van der Waals surface area contributed by atoms with Crippen LogP contribution in [0.25, 0.3) is 0 Å². The molecule has 1 N–H and O–H groups in total. The number of alkyl halides is 3. The smallest absolute Gasteiger partial charge is 0.374 e. The zero-order valence-electron chi connectivity index (χ0n) is 11.6. The largest absolute Gasteiger partial charge is 0.416 e. The van der Waals surface area contributed by atoms with Crippen molar-refractivity contribution in [2.75, 3.05) is 38.2 Å². The fourth-order valence-electron chi connectivity index (χ4n) is 2.28. The maximum atomic E-state index is 12.7. The van der Waals surface area contributed by atoms with Crippen LogP contribution in [0.15, 0.2) is 18.2 Å². The van der Waals surface area contributed by atoms with E-state index in [2.05, 4.69) is 5.32 Å². The van der Waals surface area contributed by atoms with Gasteiger partial charge in [0.05, 0.1) is 29.5 Å². The molecule has 0 aliphatic carbocycles. The van der Waals surface area contributed by atoms with Crippen molar-refractivity contribution in [3.63, 3.8) is 0 Å². The third-order valence-electron chi connectivity index (χ3n) is 3.34. The second-order valence-corrected chi connectivity index (χ2v) is 4.92. The number of hydrogen-bond acceptors (Lipinski definition) is 4. The number of likely N-dealkylation sites (N-methyl/N-ethyl adjacent to an activating group) is 1. The molecule has 1 unspecified atom stereocenters. The number of nitrogens with one attached hydrogen (secondary N) is 1. The molecule has 7 heteroatoms. The number of hydrogen-bond donors (Lipinski definition) is 1. The van der Waals surface area contributed by atoms with E-state index in [1.54, 1.807) is 11.9 Å². The molecule has 1 aromatic rings. The molecule has 0 aromatic heterocycles. The molecule has 0 spiro atoms. The highest BCUT2D eigenvalue weighted by molar-refractivity contribution is 5.60. The van der Waals surface area contributed by atoms with Crippen LogP contribution in [0, 0.1) is 11.3 Å². The predicted octanol–water partition coefficient (Wildman–Crippen LogP) is 2.00. The average molecular weight is 299 g/mol. The van der Waals surface area contributed by atoms with Gasteiger partial charge in [0.2, 0.25) is 0 Å². The number of morpholine rings is 1. The van der Waals surface area contributed by atoms with Gasteiger partial charge in [0.15, 0.2) is 0 Å². The van der Waals surface area contributed by atoms with E-state index >= 15 is 0 Å². The summed E-state index contributed by atoms with van der Waals surface area (Å²) < 4.78 is 43.5. The Kier molecular flexibility index (Phi) is 4.70. The van der Waals surface area contributed by atoms with Crippen molar-refractivity contribution < 1.29 is 17.9 Å². The van der Waals surface area contributed by atoms with Gasteiger partial charge < -0.3 is 15.0 Å². The lowest BCUT2D eigenvalue weighted by Gasteiger charge is -2.29. The minimum atomic E-state index is -4.45. The second kappa shape index (κ2) is 6.33. The first-order chi connectivity index (χ1) is 9.91. The Hall–Kier alpha value is -1.78. The Balaban J connectivity index is 2.16. The fraction of sp³-hybridized carbons (Fsp3) is 0.500. The Morgan fingerprint density at radius 1 is 1.48 bits per heavy atom. The summed E-state index contributed by atoms with van der Waals surface area (Å²) in [5.74, 6) is 0. The summed E-state index contributed by atoms with van der Waals surface area (Å²) in [6.07, 6.45) is -4.49. The lowest BCUT2D eigenvalue weighted by Crippen LogP contribution is -2.44. The van der Waals surface area contributed by atoms with E-state index < -0.39 is 11.7 Å². The summed E-state index contributed by atoms with van der Waals surface area (Å²) in [4.78, 5) is 1.75. The highest BCUT2D eigenvalue weighted by Gasteiger charge is 2.31. The molecule has 1 atom stereocenters. The zero-order valence-corrected chi connectivity index (χ0v) is 11.6. The average Bonchev–Trinajstić information content (AvgIpc) is 2.46. The van der Waals surface area contributed by atoms with Gasteiger partial charge in [-0.2, -0.15) is 18.4 Å². The first-order valence-corrected chi connectivity index (χ1v) is 6.56. The van der Waals surface area contributed by atoms with Crippen molar-refractivity contribution in [3.05, 3.63) is 29.3 Å². The van der Waals surface area contributed by atoms with Crippen molar-refractivity contribution >= 4 is 5.69 Å². The maximum absolute atomic E-state index is 12.7. The number of halogens is 3. The molecule has 0 radical (unpaired) electrons. The van der Waals surface area contributed by atoms with E-state index in [-0.39, 0.29) is 11.7 Å². The van der Waals surface area contributed by atoms with Gasteiger partial charge in [-0.25, -0.2) is 0 Å². The topological polar surface area (TPSA) is 48.3 Å². The molecule has 0 saturated carbocycles. The molecule has 0 bridgehead atoms. The summed E-state index contributed by atoms with van der Waals surface area (Å²) >= 11 is 0. The zero-order chi connectivity index (χ0) is 15.5. The molecule has 1 aliphatic heterocycles. The third kappa shape index (κ3) is 3.86. The fourth-order valence-corrected chi connectivity index (χ4v) is 2.28. The van der Waals surface area contributed by atoms with Gasteiger partial charge in [-0.1, -0.05) is 0 Å². The Labute approximate surface area is 121 Å². The van der Waals surface area contributed by atoms with Crippen molar-refractivity contribution in [3.8, 4) is 6.07 Å². The number of nitriles is 1. The number of nitrogens with zero attached hydrogens (tertiary/aromatic N) is 2. The van der Waals surface area contributed by atoms with Crippen molar-refractivity contribution in [1.29, 1.82) is 5.26 Å². The highest BCUT2D eigenvalue weighted by Crippen LogP contribution is 2.32. The standard InChI is InChI=1S/C14H16F3N3O/c1-20(9-12-8-19-4-5-21-12)13-3-2-11(14(15,16)17)6-10(13)7-18/h2-3,6,12,19H,4-5,8-9H2,1H3. The van der Waals surface area contributed by atoms with Crippen LogP contribution in [-0.2, 0) is 10.9 Å². The van der Waals surface area contributed by atoms with Crippen LogP contribution in [0.5, 0.6) is 0 Å². The van der Waals surface area contributed by atoms with E-state index in [0.29, 0.717) is 25.4 Å². The van der Waals surface area contributed by atoms with Crippen LogP contribution in [0.3, 0.4) is 0 Å². The second-order valence-electron chi connectivity index (χ2n) is 4.92. The van der Waals surface area contributed by atoms with Gasteiger partial charge in [-0.15, -0.1) is 0 Å². The highest BCUT2D eigenvalue weighted by atomic mass is 19.4. The van der Waals surface area contributed by atoms with E-state index in [1.165, 1.54) is 6.07 Å². The van der Waals surface area contributed by atoms with E-state index in [4.69, 9.17) is 10.00 Å². The summed E-state index contributed by atoms with van der Waals surface area (Å²) in [7, 11) is 1.74. The van der Waals surface area contributed by atoms with Gasteiger partial charge in [0.1, 0.15) is 6.07 Å². The molecule has 1 saturated heterocycles. The molecule has 1 aromatic carbocycles. The normalized spacial score (nSPS) is 19.1. The van der Waals surface area contributed by atoms with Gasteiger partial charge in [0.25, 0.3) is 0 Å². The van der Waals surface area contributed by atoms with E-state index in [1.807, 2.05) is 6.07 Å². The van der Waals surface area contributed by atoms with Gasteiger partial charge in [-0.05, 0) is 18.2 Å². The SMILES string of the molecule is CN(CC1CNCCO1)c1ccc(C(F)(F)F)cc1C#N. The maximum Gasteiger partial charge on any atom is 0.416 e. The van der Waals surface area contributed by atoms with Gasteiger partial charge >= 0.3 is 6.18 Å². The van der Waals surface area contributed by atoms with Crippen LogP contribution < -0.4 is 10.2 Å². The molecular formula is C14H16F3N3O. The Morgan fingerprint density at radius 2 is 2.24 bits per heavy atom. The summed E-state index contributed by atoms with van der Waals surface area (Å²) in [6, 6.07) is 5.03. The molecule has 21 heavy (non-hydrogen) atoms. The summed E-state index contributed by atoms with van der Waals surface area (Å²) in [5, 5.41) is 12.3.